The van der Waals surface area contributed by atoms with E-state index in [0.717, 1.165) is 16.5 Å². The van der Waals surface area contributed by atoms with E-state index in [-0.39, 0.29) is 17.6 Å². The summed E-state index contributed by atoms with van der Waals surface area (Å²) in [6.07, 6.45) is 2.04. The molecule has 0 radical (unpaired) electrons. The fourth-order valence-corrected chi connectivity index (χ4v) is 2.55. The second kappa shape index (κ2) is 5.72. The molecule has 0 saturated carbocycles. The Morgan fingerprint density at radius 3 is 2.55 bits per heavy atom. The average Bonchev–Trinajstić information content (AvgIpc) is 2.85. The van der Waals surface area contributed by atoms with Gasteiger partial charge in [0.25, 0.3) is 0 Å². The van der Waals surface area contributed by atoms with Crippen molar-refractivity contribution in [3.05, 3.63) is 60.0 Å². The third-order valence-corrected chi connectivity index (χ3v) is 3.66. The zero-order chi connectivity index (χ0) is 15.7. The third-order valence-electron chi connectivity index (χ3n) is 3.66. The number of hydrogen-bond donors (Lipinski definition) is 1. The van der Waals surface area contributed by atoms with Crippen LogP contribution in [0.5, 0.6) is 11.5 Å². The van der Waals surface area contributed by atoms with E-state index in [1.54, 1.807) is 24.3 Å². The van der Waals surface area contributed by atoms with Crippen molar-refractivity contribution in [1.29, 1.82) is 0 Å². The molecule has 0 fully saturated rings. The van der Waals surface area contributed by atoms with Gasteiger partial charge in [-0.15, -0.1) is 0 Å². The number of ether oxygens (including phenoxy) is 1. The molecule has 0 unspecified atom stereocenters. The number of aromatic hydroxyl groups is 1. The Morgan fingerprint density at radius 1 is 1.14 bits per heavy atom. The first-order valence-electron chi connectivity index (χ1n) is 7.25. The van der Waals surface area contributed by atoms with Crippen molar-refractivity contribution in [3.8, 4) is 11.5 Å². The van der Waals surface area contributed by atoms with Gasteiger partial charge < -0.3 is 14.4 Å². The summed E-state index contributed by atoms with van der Waals surface area (Å²) in [5.74, 6) is 0.600. The maximum atomic E-state index is 12.9. The molecule has 3 aromatic rings. The summed E-state index contributed by atoms with van der Waals surface area (Å²) < 4.78 is 20.8. The number of fused-ring (bicyclic) bond motifs is 1. The van der Waals surface area contributed by atoms with Crippen LogP contribution in [0.2, 0.25) is 0 Å². The Balaban J connectivity index is 1.91. The summed E-state index contributed by atoms with van der Waals surface area (Å²) in [5, 5.41) is 10.7. The highest BCUT2D eigenvalue weighted by Crippen LogP contribution is 2.28. The van der Waals surface area contributed by atoms with Gasteiger partial charge in [0.1, 0.15) is 23.9 Å². The van der Waals surface area contributed by atoms with Crippen molar-refractivity contribution in [2.75, 3.05) is 0 Å². The molecule has 3 rings (SSSR count). The lowest BCUT2D eigenvalue weighted by molar-refractivity contribution is 0.306. The summed E-state index contributed by atoms with van der Waals surface area (Å²) in [7, 11) is 0. The highest BCUT2D eigenvalue weighted by Gasteiger charge is 2.12. The SMILES string of the molecule is CC(C)n1cc(COc2ccc(F)cc2)c2ccc(O)cc21. The molecule has 0 saturated heterocycles. The van der Waals surface area contributed by atoms with Crippen LogP contribution in [0.4, 0.5) is 4.39 Å². The smallest absolute Gasteiger partial charge is 0.123 e. The first-order chi connectivity index (χ1) is 10.5. The van der Waals surface area contributed by atoms with Gasteiger partial charge in [-0.1, -0.05) is 0 Å². The zero-order valence-electron chi connectivity index (χ0n) is 12.6. The van der Waals surface area contributed by atoms with Gasteiger partial charge >= 0.3 is 0 Å². The maximum Gasteiger partial charge on any atom is 0.123 e. The van der Waals surface area contributed by atoms with Gasteiger partial charge in [0.05, 0.1) is 5.52 Å². The average molecular weight is 299 g/mol. The van der Waals surface area contributed by atoms with Crippen LogP contribution in [0.1, 0.15) is 25.5 Å². The minimum atomic E-state index is -0.278. The number of rotatable bonds is 4. The first kappa shape index (κ1) is 14.4. The Hall–Kier alpha value is -2.49. The number of phenols is 1. The van der Waals surface area contributed by atoms with Crippen LogP contribution >= 0.6 is 0 Å². The normalized spacial score (nSPS) is 11.3. The predicted octanol–water partition coefficient (Wildman–Crippen LogP) is 4.65. The van der Waals surface area contributed by atoms with E-state index >= 15 is 0 Å². The van der Waals surface area contributed by atoms with Crippen LogP contribution in [-0.4, -0.2) is 9.67 Å². The van der Waals surface area contributed by atoms with Crippen molar-refractivity contribution in [1.82, 2.24) is 4.57 Å². The van der Waals surface area contributed by atoms with Gasteiger partial charge in [0.2, 0.25) is 0 Å². The second-order valence-electron chi connectivity index (χ2n) is 5.60. The number of phenolic OH excluding ortho intramolecular Hbond substituents is 1. The molecule has 0 aliphatic heterocycles. The highest BCUT2D eigenvalue weighted by atomic mass is 19.1. The number of hydrogen-bond acceptors (Lipinski definition) is 2. The molecule has 22 heavy (non-hydrogen) atoms. The monoisotopic (exact) mass is 299 g/mol. The summed E-state index contributed by atoms with van der Waals surface area (Å²) in [6, 6.07) is 11.6. The first-order valence-corrected chi connectivity index (χ1v) is 7.25. The Labute approximate surface area is 128 Å². The van der Waals surface area contributed by atoms with E-state index in [2.05, 4.69) is 18.4 Å². The number of halogens is 1. The molecule has 0 atom stereocenters. The zero-order valence-corrected chi connectivity index (χ0v) is 12.6. The van der Waals surface area contributed by atoms with Crippen molar-refractivity contribution < 1.29 is 14.2 Å². The quantitative estimate of drug-likeness (QED) is 0.761. The molecule has 114 valence electrons. The van der Waals surface area contributed by atoms with E-state index in [1.807, 2.05) is 12.3 Å². The Bertz CT molecular complexity index is 791. The molecule has 1 aromatic heterocycles. The Kier molecular flexibility index (Phi) is 3.75. The summed E-state index contributed by atoms with van der Waals surface area (Å²) >= 11 is 0. The van der Waals surface area contributed by atoms with Gasteiger partial charge in [0, 0.05) is 29.3 Å². The topological polar surface area (TPSA) is 34.4 Å². The lowest BCUT2D eigenvalue weighted by atomic mass is 10.2. The molecular weight excluding hydrogens is 281 g/mol. The van der Waals surface area contributed by atoms with E-state index in [1.165, 1.54) is 12.1 Å². The van der Waals surface area contributed by atoms with Crippen molar-refractivity contribution in [2.24, 2.45) is 0 Å². The van der Waals surface area contributed by atoms with Gasteiger partial charge in [-0.3, -0.25) is 0 Å². The molecule has 0 aliphatic carbocycles. The fraction of sp³-hybridized carbons (Fsp3) is 0.222. The Morgan fingerprint density at radius 2 is 1.86 bits per heavy atom. The lowest BCUT2D eigenvalue weighted by Gasteiger charge is -2.08. The second-order valence-corrected chi connectivity index (χ2v) is 5.60. The molecule has 0 bridgehead atoms. The lowest BCUT2D eigenvalue weighted by Crippen LogP contribution is -1.98. The molecule has 1 heterocycles. The van der Waals surface area contributed by atoms with Gasteiger partial charge in [-0.2, -0.15) is 0 Å². The van der Waals surface area contributed by atoms with Gasteiger partial charge in [0.15, 0.2) is 0 Å². The molecule has 0 amide bonds. The third kappa shape index (κ3) is 2.77. The van der Waals surface area contributed by atoms with Gasteiger partial charge in [-0.05, 0) is 50.2 Å². The van der Waals surface area contributed by atoms with Crippen LogP contribution in [-0.2, 0) is 6.61 Å². The van der Waals surface area contributed by atoms with Crippen molar-refractivity contribution in [3.63, 3.8) is 0 Å². The molecule has 4 heteroatoms. The number of nitrogens with zero attached hydrogens (tertiary/aromatic N) is 1. The molecule has 1 N–H and O–H groups in total. The van der Waals surface area contributed by atoms with Crippen LogP contribution < -0.4 is 4.74 Å². The molecule has 2 aromatic carbocycles. The van der Waals surface area contributed by atoms with E-state index in [9.17, 15) is 9.50 Å². The van der Waals surface area contributed by atoms with E-state index in [4.69, 9.17) is 4.74 Å². The number of benzene rings is 2. The summed E-state index contributed by atoms with van der Waals surface area (Å²) in [4.78, 5) is 0. The molecule has 0 spiro atoms. The predicted molar refractivity (Wildman–Crippen MR) is 84.7 cm³/mol. The van der Waals surface area contributed by atoms with Gasteiger partial charge in [-0.25, -0.2) is 4.39 Å². The van der Waals surface area contributed by atoms with E-state index < -0.39 is 0 Å². The van der Waals surface area contributed by atoms with Crippen LogP contribution in [0.25, 0.3) is 10.9 Å². The maximum absolute atomic E-state index is 12.9. The van der Waals surface area contributed by atoms with Crippen LogP contribution in [0.3, 0.4) is 0 Å². The summed E-state index contributed by atoms with van der Waals surface area (Å²) in [6.45, 7) is 4.58. The van der Waals surface area contributed by atoms with Crippen LogP contribution in [0, 0.1) is 5.82 Å². The van der Waals surface area contributed by atoms with E-state index in [0.29, 0.717) is 12.4 Å². The summed E-state index contributed by atoms with van der Waals surface area (Å²) in [5.41, 5.74) is 2.01. The van der Waals surface area contributed by atoms with Crippen molar-refractivity contribution >= 4 is 10.9 Å². The highest BCUT2D eigenvalue weighted by molar-refractivity contribution is 5.85. The molecule has 3 nitrogen and oxygen atoms in total. The standard InChI is InChI=1S/C18H18FNO2/c1-12(2)20-10-13(17-8-5-15(21)9-18(17)20)11-22-16-6-3-14(19)4-7-16/h3-10,12,21H,11H2,1-2H3. The molecule has 0 aliphatic rings. The van der Waals surface area contributed by atoms with Crippen molar-refractivity contribution in [2.45, 2.75) is 26.5 Å². The minimum Gasteiger partial charge on any atom is -0.508 e. The van der Waals surface area contributed by atoms with Crippen LogP contribution in [0.15, 0.2) is 48.7 Å². The fourth-order valence-electron chi connectivity index (χ4n) is 2.55. The minimum absolute atomic E-state index is 0.249. The molecular formula is C18H18FNO2. The largest absolute Gasteiger partial charge is 0.508 e. The number of aromatic nitrogens is 1.